The van der Waals surface area contributed by atoms with Crippen LogP contribution in [0.2, 0.25) is 0 Å². The Balaban J connectivity index is 1.89. The lowest BCUT2D eigenvalue weighted by Gasteiger charge is -2.11. The van der Waals surface area contributed by atoms with E-state index >= 15 is 0 Å². The van der Waals surface area contributed by atoms with Gasteiger partial charge in [-0.15, -0.1) is 0 Å². The second-order valence-electron chi connectivity index (χ2n) is 5.77. The van der Waals surface area contributed by atoms with E-state index in [9.17, 15) is 9.59 Å². The molecule has 0 aliphatic heterocycles. The molecule has 0 bridgehead atoms. The number of benzene rings is 1. The minimum atomic E-state index is -0.445. The third kappa shape index (κ3) is 3.95. The molecule has 0 aliphatic rings. The summed E-state index contributed by atoms with van der Waals surface area (Å²) in [5, 5.41) is 0. The second-order valence-corrected chi connectivity index (χ2v) is 5.77. The van der Waals surface area contributed by atoms with Gasteiger partial charge in [0.2, 0.25) is 0 Å². The molecule has 2 rings (SSSR count). The summed E-state index contributed by atoms with van der Waals surface area (Å²) in [6.07, 6.45) is 0. The molecule has 0 atom stereocenters. The predicted molar refractivity (Wildman–Crippen MR) is 89.9 cm³/mol. The van der Waals surface area contributed by atoms with Crippen LogP contribution in [0.3, 0.4) is 0 Å². The van der Waals surface area contributed by atoms with Gasteiger partial charge < -0.3 is 9.15 Å². The first-order chi connectivity index (χ1) is 11.3. The van der Waals surface area contributed by atoms with Gasteiger partial charge in [0.15, 0.2) is 6.61 Å². The van der Waals surface area contributed by atoms with Crippen LogP contribution < -0.4 is 15.6 Å². The number of aryl methyl sites for hydroxylation is 4. The van der Waals surface area contributed by atoms with E-state index in [2.05, 4.69) is 10.9 Å². The Kier molecular flexibility index (Phi) is 5.28. The van der Waals surface area contributed by atoms with Crippen molar-refractivity contribution in [1.29, 1.82) is 0 Å². The predicted octanol–water partition coefficient (Wildman–Crippen LogP) is 2.66. The normalized spacial score (nSPS) is 10.4. The Labute approximate surface area is 141 Å². The lowest BCUT2D eigenvalue weighted by molar-refractivity contribution is -0.123. The molecule has 128 valence electrons. The number of carbonyl (C=O) groups excluding carboxylic acids is 2. The first kappa shape index (κ1) is 17.6. The van der Waals surface area contributed by atoms with Crippen molar-refractivity contribution in [2.24, 2.45) is 0 Å². The number of ether oxygens (including phenoxy) is 1. The zero-order valence-electron chi connectivity index (χ0n) is 14.6. The van der Waals surface area contributed by atoms with Crippen LogP contribution in [0.15, 0.2) is 22.6 Å². The largest absolute Gasteiger partial charge is 0.483 e. The summed E-state index contributed by atoms with van der Waals surface area (Å²) in [4.78, 5) is 24.0. The SMILES string of the molecule is Cc1ccc(C)c(OCC(=O)NNC(=O)c2c(C)oc(C)c2C)c1. The maximum Gasteiger partial charge on any atom is 0.276 e. The Hall–Kier alpha value is -2.76. The van der Waals surface area contributed by atoms with E-state index in [1.165, 1.54) is 0 Å². The third-order valence-electron chi connectivity index (χ3n) is 3.81. The van der Waals surface area contributed by atoms with E-state index < -0.39 is 11.8 Å². The van der Waals surface area contributed by atoms with Crippen molar-refractivity contribution in [3.63, 3.8) is 0 Å². The molecule has 2 aromatic rings. The molecule has 1 aromatic carbocycles. The van der Waals surface area contributed by atoms with E-state index in [-0.39, 0.29) is 6.61 Å². The molecule has 0 aliphatic carbocycles. The molecule has 0 fully saturated rings. The first-order valence-corrected chi connectivity index (χ1v) is 7.65. The molecule has 24 heavy (non-hydrogen) atoms. The van der Waals surface area contributed by atoms with Crippen LogP contribution in [0.5, 0.6) is 5.75 Å². The zero-order valence-corrected chi connectivity index (χ0v) is 14.6. The summed E-state index contributed by atoms with van der Waals surface area (Å²) in [5.41, 5.74) is 7.90. The molecule has 0 spiro atoms. The maximum absolute atomic E-state index is 12.2. The molecule has 0 saturated heterocycles. The van der Waals surface area contributed by atoms with E-state index in [1.54, 1.807) is 20.8 Å². The van der Waals surface area contributed by atoms with E-state index in [1.807, 2.05) is 32.0 Å². The molecule has 2 N–H and O–H groups in total. The molecule has 2 amide bonds. The Morgan fingerprint density at radius 3 is 2.38 bits per heavy atom. The van der Waals surface area contributed by atoms with Crippen molar-refractivity contribution < 1.29 is 18.7 Å². The van der Waals surface area contributed by atoms with E-state index in [0.717, 1.165) is 16.7 Å². The van der Waals surface area contributed by atoms with Crippen molar-refractivity contribution in [2.45, 2.75) is 34.6 Å². The highest BCUT2D eigenvalue weighted by atomic mass is 16.5. The van der Waals surface area contributed by atoms with Gasteiger partial charge in [0, 0.05) is 5.56 Å². The molecular formula is C18H22N2O4. The topological polar surface area (TPSA) is 80.6 Å². The van der Waals surface area contributed by atoms with Gasteiger partial charge in [-0.1, -0.05) is 12.1 Å². The van der Waals surface area contributed by atoms with Gasteiger partial charge in [-0.25, -0.2) is 0 Å². The maximum atomic E-state index is 12.2. The van der Waals surface area contributed by atoms with Crippen LogP contribution in [0.1, 0.15) is 38.6 Å². The summed E-state index contributed by atoms with van der Waals surface area (Å²) in [6, 6.07) is 5.76. The monoisotopic (exact) mass is 330 g/mol. The Bertz CT molecular complexity index is 778. The van der Waals surface area contributed by atoms with Gasteiger partial charge in [-0.2, -0.15) is 0 Å². The molecule has 1 aromatic heterocycles. The van der Waals surface area contributed by atoms with Crippen molar-refractivity contribution in [3.05, 3.63) is 52.0 Å². The zero-order chi connectivity index (χ0) is 17.9. The average Bonchev–Trinajstić information content (AvgIpc) is 2.78. The van der Waals surface area contributed by atoms with Crippen molar-refractivity contribution >= 4 is 11.8 Å². The minimum Gasteiger partial charge on any atom is -0.483 e. The average molecular weight is 330 g/mol. The van der Waals surface area contributed by atoms with Crippen molar-refractivity contribution in [3.8, 4) is 5.75 Å². The summed E-state index contributed by atoms with van der Waals surface area (Å²) >= 11 is 0. The van der Waals surface area contributed by atoms with Gasteiger partial charge in [0.05, 0.1) is 5.56 Å². The fraction of sp³-hybridized carbons (Fsp3) is 0.333. The lowest BCUT2D eigenvalue weighted by Crippen LogP contribution is -2.44. The van der Waals surface area contributed by atoms with Crippen LogP contribution in [-0.4, -0.2) is 18.4 Å². The highest BCUT2D eigenvalue weighted by Gasteiger charge is 2.19. The molecule has 0 saturated carbocycles. The number of hydrogen-bond acceptors (Lipinski definition) is 4. The second kappa shape index (κ2) is 7.21. The fourth-order valence-electron chi connectivity index (χ4n) is 2.36. The number of furan rings is 1. The first-order valence-electron chi connectivity index (χ1n) is 7.65. The van der Waals surface area contributed by atoms with Gasteiger partial charge >= 0.3 is 0 Å². The van der Waals surface area contributed by atoms with Gasteiger partial charge in [-0.3, -0.25) is 20.4 Å². The molecule has 0 radical (unpaired) electrons. The summed E-state index contributed by atoms with van der Waals surface area (Å²) < 4.78 is 10.9. The van der Waals surface area contributed by atoms with Gasteiger partial charge in [0.25, 0.3) is 11.8 Å². The summed E-state index contributed by atoms with van der Waals surface area (Å²) in [5.74, 6) is 0.987. The minimum absolute atomic E-state index is 0.188. The highest BCUT2D eigenvalue weighted by Crippen LogP contribution is 2.20. The standard InChI is InChI=1S/C18H22N2O4/c1-10-6-7-11(2)15(8-10)23-9-16(21)19-20-18(22)17-12(3)13(4)24-14(17)5/h6-8H,9H2,1-5H3,(H,19,21)(H,20,22). The van der Waals surface area contributed by atoms with Crippen molar-refractivity contribution in [2.75, 3.05) is 6.61 Å². The molecule has 6 nitrogen and oxygen atoms in total. The van der Waals surface area contributed by atoms with Crippen molar-refractivity contribution in [1.82, 2.24) is 10.9 Å². The van der Waals surface area contributed by atoms with Crippen LogP contribution in [0, 0.1) is 34.6 Å². The molecule has 0 unspecified atom stereocenters. The smallest absolute Gasteiger partial charge is 0.276 e. The van der Waals surface area contributed by atoms with E-state index in [0.29, 0.717) is 22.8 Å². The number of carbonyl (C=O) groups is 2. The quantitative estimate of drug-likeness (QED) is 0.845. The Morgan fingerprint density at radius 1 is 1.04 bits per heavy atom. The third-order valence-corrected chi connectivity index (χ3v) is 3.81. The number of hydrazine groups is 1. The van der Waals surface area contributed by atoms with Crippen LogP contribution >= 0.6 is 0 Å². The molecule has 6 heteroatoms. The van der Waals surface area contributed by atoms with Crippen LogP contribution in [-0.2, 0) is 4.79 Å². The van der Waals surface area contributed by atoms with Crippen LogP contribution in [0.25, 0.3) is 0 Å². The van der Waals surface area contributed by atoms with Gasteiger partial charge in [-0.05, 0) is 51.8 Å². The number of rotatable bonds is 4. The van der Waals surface area contributed by atoms with Crippen LogP contribution in [0.4, 0.5) is 0 Å². The fourth-order valence-corrected chi connectivity index (χ4v) is 2.36. The Morgan fingerprint density at radius 2 is 1.75 bits per heavy atom. The van der Waals surface area contributed by atoms with Gasteiger partial charge in [0.1, 0.15) is 17.3 Å². The molecular weight excluding hydrogens is 308 g/mol. The lowest BCUT2D eigenvalue weighted by atomic mass is 10.1. The summed E-state index contributed by atoms with van der Waals surface area (Å²) in [6.45, 7) is 8.96. The number of nitrogens with one attached hydrogen (secondary N) is 2. The number of hydrogen-bond donors (Lipinski definition) is 2. The number of amides is 2. The highest BCUT2D eigenvalue weighted by molar-refractivity contribution is 5.97. The summed E-state index contributed by atoms with van der Waals surface area (Å²) in [7, 11) is 0. The molecule has 1 heterocycles. The van der Waals surface area contributed by atoms with E-state index in [4.69, 9.17) is 9.15 Å².